The lowest BCUT2D eigenvalue weighted by atomic mass is 10.2. The Labute approximate surface area is 102 Å². The molecule has 2 heterocycles. The lowest BCUT2D eigenvalue weighted by molar-refractivity contribution is 0.621. The monoisotopic (exact) mass is 298 g/mol. The Morgan fingerprint density at radius 3 is 3.00 bits per heavy atom. The molecule has 0 amide bonds. The first-order valence-corrected chi connectivity index (χ1v) is 5.97. The van der Waals surface area contributed by atoms with Gasteiger partial charge in [-0.25, -0.2) is 4.39 Å². The second-order valence-electron chi connectivity index (χ2n) is 3.09. The van der Waals surface area contributed by atoms with Crippen LogP contribution in [0.4, 0.5) is 4.39 Å². The normalized spacial score (nSPS) is 11.1. The Balaban J connectivity index is 2.15. The number of nitrogens with zero attached hydrogens (tertiary/aromatic N) is 4. The number of halogens is 2. The van der Waals surface area contributed by atoms with Crippen LogP contribution in [0.2, 0.25) is 0 Å². The van der Waals surface area contributed by atoms with Gasteiger partial charge in [0.1, 0.15) is 17.2 Å². The van der Waals surface area contributed by atoms with Crippen LogP contribution >= 0.6 is 27.3 Å². The van der Waals surface area contributed by atoms with E-state index in [1.165, 1.54) is 23.7 Å². The van der Waals surface area contributed by atoms with Gasteiger partial charge in [0.15, 0.2) is 0 Å². The molecule has 2 aromatic heterocycles. The summed E-state index contributed by atoms with van der Waals surface area (Å²) in [6.07, 6.45) is 1.54. The molecule has 0 radical (unpaired) electrons. The third kappa shape index (κ3) is 1.52. The van der Waals surface area contributed by atoms with Crippen LogP contribution in [0.25, 0.3) is 15.5 Å². The predicted octanol–water partition coefficient (Wildman–Crippen LogP) is 2.75. The van der Waals surface area contributed by atoms with Crippen molar-refractivity contribution >= 4 is 32.2 Å². The van der Waals surface area contributed by atoms with Crippen molar-refractivity contribution < 1.29 is 4.39 Å². The third-order valence-corrected chi connectivity index (χ3v) is 3.62. The molecule has 0 N–H and O–H groups in total. The second kappa shape index (κ2) is 3.60. The van der Waals surface area contributed by atoms with Crippen LogP contribution < -0.4 is 0 Å². The predicted molar refractivity (Wildman–Crippen MR) is 61.8 cm³/mol. The molecule has 0 aliphatic rings. The van der Waals surface area contributed by atoms with Crippen molar-refractivity contribution in [3.8, 4) is 10.6 Å². The number of hydrogen-bond donors (Lipinski definition) is 0. The zero-order chi connectivity index (χ0) is 11.1. The minimum atomic E-state index is -0.285. The largest absolute Gasteiger partial charge is 0.234 e. The zero-order valence-electron chi connectivity index (χ0n) is 7.76. The summed E-state index contributed by atoms with van der Waals surface area (Å²) in [4.78, 5) is 0.718. The van der Waals surface area contributed by atoms with Gasteiger partial charge in [0, 0.05) is 5.56 Å². The minimum absolute atomic E-state index is 0.285. The van der Waals surface area contributed by atoms with Gasteiger partial charge < -0.3 is 0 Å². The highest BCUT2D eigenvalue weighted by Gasteiger charge is 2.09. The number of benzene rings is 1. The van der Waals surface area contributed by atoms with Crippen LogP contribution in [0.5, 0.6) is 0 Å². The minimum Gasteiger partial charge on any atom is -0.206 e. The molecule has 4 nitrogen and oxygen atoms in total. The summed E-state index contributed by atoms with van der Waals surface area (Å²) in [6.45, 7) is 0. The maximum absolute atomic E-state index is 13.1. The van der Waals surface area contributed by atoms with E-state index >= 15 is 0 Å². The lowest BCUT2D eigenvalue weighted by Gasteiger charge is -1.97. The van der Waals surface area contributed by atoms with E-state index in [-0.39, 0.29) is 5.82 Å². The van der Waals surface area contributed by atoms with Gasteiger partial charge in [0.2, 0.25) is 4.96 Å². The molecule has 3 aromatic rings. The highest BCUT2D eigenvalue weighted by molar-refractivity contribution is 9.10. The molecule has 7 heteroatoms. The number of fused-ring (bicyclic) bond motifs is 1. The van der Waals surface area contributed by atoms with Gasteiger partial charge >= 0.3 is 0 Å². The molecule has 3 rings (SSSR count). The molecule has 0 fully saturated rings. The molecule has 0 aliphatic heterocycles. The number of rotatable bonds is 1. The molecule has 80 valence electrons. The average Bonchev–Trinajstić information content (AvgIpc) is 2.81. The maximum Gasteiger partial charge on any atom is 0.234 e. The molecular formula is C9H4BrFN4S. The van der Waals surface area contributed by atoms with Gasteiger partial charge in [-0.1, -0.05) is 11.3 Å². The SMILES string of the molecule is Fc1ccc(-c2nn3cnnc3s2)cc1Br. The van der Waals surface area contributed by atoms with Gasteiger partial charge in [-0.3, -0.25) is 0 Å². The van der Waals surface area contributed by atoms with Crippen molar-refractivity contribution in [1.82, 2.24) is 19.8 Å². The van der Waals surface area contributed by atoms with Gasteiger partial charge in [-0.15, -0.1) is 10.2 Å². The quantitative estimate of drug-likeness (QED) is 0.694. The Hall–Kier alpha value is -1.34. The summed E-state index contributed by atoms with van der Waals surface area (Å²) in [5, 5.41) is 12.7. The topological polar surface area (TPSA) is 43.1 Å². The first-order chi connectivity index (χ1) is 7.74. The molecule has 0 unspecified atom stereocenters. The Morgan fingerprint density at radius 2 is 2.25 bits per heavy atom. The molecular weight excluding hydrogens is 295 g/mol. The highest BCUT2D eigenvalue weighted by Crippen LogP contribution is 2.28. The van der Waals surface area contributed by atoms with Crippen LogP contribution in [0, 0.1) is 5.82 Å². The molecule has 0 saturated heterocycles. The summed E-state index contributed by atoms with van der Waals surface area (Å²) >= 11 is 4.55. The first kappa shape index (κ1) is 9.86. The average molecular weight is 299 g/mol. The van der Waals surface area contributed by atoms with E-state index in [4.69, 9.17) is 0 Å². The number of aromatic nitrogens is 4. The van der Waals surface area contributed by atoms with Crippen molar-refractivity contribution in [1.29, 1.82) is 0 Å². The van der Waals surface area contributed by atoms with Crippen LogP contribution in [-0.4, -0.2) is 19.8 Å². The summed E-state index contributed by atoms with van der Waals surface area (Å²) in [6, 6.07) is 4.79. The first-order valence-electron chi connectivity index (χ1n) is 4.36. The highest BCUT2D eigenvalue weighted by atomic mass is 79.9. The van der Waals surface area contributed by atoms with E-state index in [2.05, 4.69) is 31.2 Å². The van der Waals surface area contributed by atoms with E-state index in [1.54, 1.807) is 16.6 Å². The fourth-order valence-electron chi connectivity index (χ4n) is 1.31. The van der Waals surface area contributed by atoms with Gasteiger partial charge in [-0.05, 0) is 34.1 Å². The van der Waals surface area contributed by atoms with Crippen LogP contribution in [-0.2, 0) is 0 Å². The fourth-order valence-corrected chi connectivity index (χ4v) is 2.50. The molecule has 0 spiro atoms. The van der Waals surface area contributed by atoms with Crippen molar-refractivity contribution in [2.75, 3.05) is 0 Å². The van der Waals surface area contributed by atoms with Crippen molar-refractivity contribution in [2.24, 2.45) is 0 Å². The standard InChI is InChI=1S/C9H4BrFN4S/c10-6-3-5(1-2-7(6)11)8-14-15-4-12-13-9(15)16-8/h1-4H. The molecule has 1 aromatic carbocycles. The summed E-state index contributed by atoms with van der Waals surface area (Å²) in [5.74, 6) is -0.285. The van der Waals surface area contributed by atoms with Crippen molar-refractivity contribution in [3.05, 3.63) is 34.8 Å². The van der Waals surface area contributed by atoms with E-state index in [9.17, 15) is 4.39 Å². The van der Waals surface area contributed by atoms with Gasteiger partial charge in [0.25, 0.3) is 0 Å². The van der Waals surface area contributed by atoms with Gasteiger partial charge in [-0.2, -0.15) is 9.61 Å². The Morgan fingerprint density at radius 1 is 1.38 bits per heavy atom. The fraction of sp³-hybridized carbons (Fsp3) is 0. The van der Waals surface area contributed by atoms with Crippen LogP contribution in [0.3, 0.4) is 0 Å². The van der Waals surface area contributed by atoms with Gasteiger partial charge in [0.05, 0.1) is 4.47 Å². The zero-order valence-corrected chi connectivity index (χ0v) is 10.2. The van der Waals surface area contributed by atoms with Crippen LogP contribution in [0.15, 0.2) is 29.0 Å². The third-order valence-electron chi connectivity index (χ3n) is 2.05. The van der Waals surface area contributed by atoms with Crippen molar-refractivity contribution in [2.45, 2.75) is 0 Å². The van der Waals surface area contributed by atoms with E-state index in [0.717, 1.165) is 15.5 Å². The molecule has 0 bridgehead atoms. The Bertz CT molecular complexity index is 634. The maximum atomic E-state index is 13.1. The Kier molecular flexibility index (Phi) is 2.22. The van der Waals surface area contributed by atoms with E-state index in [0.29, 0.717) is 4.47 Å². The van der Waals surface area contributed by atoms with Crippen LogP contribution in [0.1, 0.15) is 0 Å². The summed E-state index contributed by atoms with van der Waals surface area (Å²) in [5.41, 5.74) is 0.851. The lowest BCUT2D eigenvalue weighted by Crippen LogP contribution is -1.84. The second-order valence-corrected chi connectivity index (χ2v) is 4.90. The summed E-state index contributed by atoms with van der Waals surface area (Å²) < 4.78 is 15.1. The van der Waals surface area contributed by atoms with Crippen molar-refractivity contribution in [3.63, 3.8) is 0 Å². The smallest absolute Gasteiger partial charge is 0.206 e. The molecule has 16 heavy (non-hydrogen) atoms. The molecule has 0 saturated carbocycles. The molecule has 0 aliphatic carbocycles. The number of hydrogen-bond acceptors (Lipinski definition) is 4. The molecule has 0 atom stereocenters. The summed E-state index contributed by atoms with van der Waals surface area (Å²) in [7, 11) is 0. The van der Waals surface area contributed by atoms with E-state index < -0.39 is 0 Å². The van der Waals surface area contributed by atoms with E-state index in [1.807, 2.05) is 0 Å².